The number of nitrogen functional groups attached to an aromatic ring is 1. The summed E-state index contributed by atoms with van der Waals surface area (Å²) in [4.78, 5) is 16.1. The lowest BCUT2D eigenvalue weighted by molar-refractivity contribution is 0.0685. The average molecular weight is 297 g/mol. The molecule has 0 aliphatic carbocycles. The maximum atomic E-state index is 13.8. The molecule has 0 bridgehead atoms. The lowest BCUT2D eigenvalue weighted by atomic mass is 10.1. The van der Waals surface area contributed by atoms with Gasteiger partial charge in [-0.1, -0.05) is 0 Å². The van der Waals surface area contributed by atoms with Crippen LogP contribution in [0.2, 0.25) is 0 Å². The van der Waals surface area contributed by atoms with E-state index in [2.05, 4.69) is 0 Å². The third-order valence-electron chi connectivity index (χ3n) is 3.11. The molecule has 0 aliphatic rings. The molecule has 0 saturated carbocycles. The predicted molar refractivity (Wildman–Crippen MR) is 81.8 cm³/mol. The second-order valence-electron chi connectivity index (χ2n) is 5.18. The minimum Gasteiger partial charge on any atom is -0.399 e. The maximum Gasteiger partial charge on any atom is 0.256 e. The molecule has 0 saturated heterocycles. The first-order chi connectivity index (χ1) is 9.95. The quantitative estimate of drug-likeness (QED) is 0.738. The molecule has 0 fully saturated rings. The molecule has 0 aromatic heterocycles. The maximum absolute atomic E-state index is 13.8. The number of rotatable bonds is 8. The van der Waals surface area contributed by atoms with Gasteiger partial charge in [0.25, 0.3) is 5.91 Å². The van der Waals surface area contributed by atoms with Gasteiger partial charge in [-0.05, 0) is 45.3 Å². The van der Waals surface area contributed by atoms with Gasteiger partial charge in [-0.25, -0.2) is 4.39 Å². The molecule has 0 aliphatic heterocycles. The molecule has 0 unspecified atom stereocenters. The highest BCUT2D eigenvalue weighted by Gasteiger charge is 2.19. The Balaban J connectivity index is 2.80. The fourth-order valence-corrected chi connectivity index (χ4v) is 1.97. The van der Waals surface area contributed by atoms with Gasteiger partial charge in [0.1, 0.15) is 5.82 Å². The molecule has 0 spiro atoms. The summed E-state index contributed by atoms with van der Waals surface area (Å²) in [6.45, 7) is 2.25. The fraction of sp³-hybridized carbons (Fsp3) is 0.533. The van der Waals surface area contributed by atoms with Crippen molar-refractivity contribution >= 4 is 11.6 Å². The van der Waals surface area contributed by atoms with Crippen LogP contribution in [0, 0.1) is 5.82 Å². The average Bonchev–Trinajstić information content (AvgIpc) is 2.44. The number of nitrogens with two attached hydrogens (primary N) is 1. The first kappa shape index (κ1) is 17.4. The summed E-state index contributed by atoms with van der Waals surface area (Å²) in [7, 11) is 5.52. The summed E-state index contributed by atoms with van der Waals surface area (Å²) in [6.07, 6.45) is 0.812. The van der Waals surface area contributed by atoms with Crippen LogP contribution in [0.5, 0.6) is 0 Å². The Kier molecular flexibility index (Phi) is 7.11. The SMILES string of the molecule is COCCN(CCCN(C)C)C(=O)c1cc(N)ccc1F. The summed E-state index contributed by atoms with van der Waals surface area (Å²) in [5.74, 6) is -0.903. The van der Waals surface area contributed by atoms with E-state index in [1.165, 1.54) is 18.2 Å². The van der Waals surface area contributed by atoms with Crippen LogP contribution >= 0.6 is 0 Å². The number of carbonyl (C=O) groups is 1. The van der Waals surface area contributed by atoms with Crippen molar-refractivity contribution in [3.05, 3.63) is 29.6 Å². The van der Waals surface area contributed by atoms with Crippen LogP contribution in [0.3, 0.4) is 0 Å². The Labute approximate surface area is 125 Å². The zero-order valence-electron chi connectivity index (χ0n) is 12.9. The lowest BCUT2D eigenvalue weighted by Crippen LogP contribution is -2.36. The molecular weight excluding hydrogens is 273 g/mol. The van der Waals surface area contributed by atoms with Crippen molar-refractivity contribution in [1.29, 1.82) is 0 Å². The monoisotopic (exact) mass is 297 g/mol. The molecule has 0 atom stereocenters. The first-order valence-electron chi connectivity index (χ1n) is 6.93. The normalized spacial score (nSPS) is 10.9. The van der Waals surface area contributed by atoms with E-state index in [0.29, 0.717) is 25.4 Å². The molecule has 21 heavy (non-hydrogen) atoms. The van der Waals surface area contributed by atoms with Crippen LogP contribution in [0.4, 0.5) is 10.1 Å². The van der Waals surface area contributed by atoms with Crippen LogP contribution in [-0.4, -0.2) is 63.2 Å². The van der Waals surface area contributed by atoms with E-state index in [1.807, 2.05) is 19.0 Å². The minimum absolute atomic E-state index is 0.0101. The van der Waals surface area contributed by atoms with Gasteiger partial charge in [0.05, 0.1) is 12.2 Å². The minimum atomic E-state index is -0.552. The molecule has 1 aromatic carbocycles. The number of methoxy groups -OCH3 is 1. The Morgan fingerprint density at radius 1 is 1.29 bits per heavy atom. The largest absolute Gasteiger partial charge is 0.399 e. The highest BCUT2D eigenvalue weighted by atomic mass is 19.1. The smallest absolute Gasteiger partial charge is 0.256 e. The van der Waals surface area contributed by atoms with Crippen molar-refractivity contribution in [3.63, 3.8) is 0 Å². The number of hydrogen-bond acceptors (Lipinski definition) is 4. The van der Waals surface area contributed by atoms with Crippen LogP contribution in [0.15, 0.2) is 18.2 Å². The lowest BCUT2D eigenvalue weighted by Gasteiger charge is -2.23. The van der Waals surface area contributed by atoms with Gasteiger partial charge in [0, 0.05) is 25.9 Å². The summed E-state index contributed by atoms with van der Waals surface area (Å²) in [5.41, 5.74) is 6.02. The number of hydrogen-bond donors (Lipinski definition) is 1. The third-order valence-corrected chi connectivity index (χ3v) is 3.11. The van der Waals surface area contributed by atoms with Gasteiger partial charge < -0.3 is 20.3 Å². The molecule has 5 nitrogen and oxygen atoms in total. The number of anilines is 1. The van der Waals surface area contributed by atoms with Crippen LogP contribution in [0.1, 0.15) is 16.8 Å². The van der Waals surface area contributed by atoms with Crippen LogP contribution in [-0.2, 0) is 4.74 Å². The Bertz CT molecular complexity index is 466. The summed E-state index contributed by atoms with van der Waals surface area (Å²) >= 11 is 0. The van der Waals surface area contributed by atoms with Crippen molar-refractivity contribution in [2.24, 2.45) is 0 Å². The number of halogens is 1. The molecule has 0 heterocycles. The third kappa shape index (κ3) is 5.69. The van der Waals surface area contributed by atoms with E-state index >= 15 is 0 Å². The van der Waals surface area contributed by atoms with Crippen molar-refractivity contribution in [3.8, 4) is 0 Å². The molecule has 1 amide bonds. The van der Waals surface area contributed by atoms with Gasteiger partial charge in [0.15, 0.2) is 0 Å². The molecule has 1 rings (SSSR count). The van der Waals surface area contributed by atoms with Gasteiger partial charge in [-0.3, -0.25) is 4.79 Å². The van der Waals surface area contributed by atoms with Gasteiger partial charge >= 0.3 is 0 Å². The van der Waals surface area contributed by atoms with E-state index in [4.69, 9.17) is 10.5 Å². The summed E-state index contributed by atoms with van der Waals surface area (Å²) < 4.78 is 18.8. The number of ether oxygens (including phenoxy) is 1. The Morgan fingerprint density at radius 3 is 2.62 bits per heavy atom. The fourth-order valence-electron chi connectivity index (χ4n) is 1.97. The van der Waals surface area contributed by atoms with E-state index in [9.17, 15) is 9.18 Å². The Hall–Kier alpha value is -1.66. The van der Waals surface area contributed by atoms with E-state index in [-0.39, 0.29) is 11.5 Å². The van der Waals surface area contributed by atoms with Gasteiger partial charge in [-0.2, -0.15) is 0 Å². The van der Waals surface area contributed by atoms with E-state index < -0.39 is 5.82 Å². The molecule has 2 N–H and O–H groups in total. The standard InChI is InChI=1S/C15H24FN3O2/c1-18(2)7-4-8-19(9-10-21-3)15(20)13-11-12(17)5-6-14(13)16/h5-6,11H,4,7-10,17H2,1-3H3. The van der Waals surface area contributed by atoms with Crippen molar-refractivity contribution in [2.45, 2.75) is 6.42 Å². The molecule has 118 valence electrons. The highest BCUT2D eigenvalue weighted by Crippen LogP contribution is 2.15. The van der Waals surface area contributed by atoms with Crippen molar-refractivity contribution in [1.82, 2.24) is 9.80 Å². The van der Waals surface area contributed by atoms with Crippen LogP contribution < -0.4 is 5.73 Å². The topological polar surface area (TPSA) is 58.8 Å². The van der Waals surface area contributed by atoms with Crippen molar-refractivity contribution in [2.75, 3.05) is 53.2 Å². The summed E-state index contributed by atoms with van der Waals surface area (Å²) in [5, 5.41) is 0. The second-order valence-corrected chi connectivity index (χ2v) is 5.18. The van der Waals surface area contributed by atoms with Crippen molar-refractivity contribution < 1.29 is 13.9 Å². The number of carbonyl (C=O) groups excluding carboxylic acids is 1. The number of amides is 1. The van der Waals surface area contributed by atoms with Crippen LogP contribution in [0.25, 0.3) is 0 Å². The number of benzene rings is 1. The molecular formula is C15H24FN3O2. The second kappa shape index (κ2) is 8.59. The molecule has 0 radical (unpaired) electrons. The molecule has 1 aromatic rings. The zero-order valence-corrected chi connectivity index (χ0v) is 12.9. The highest BCUT2D eigenvalue weighted by molar-refractivity contribution is 5.95. The summed E-state index contributed by atoms with van der Waals surface area (Å²) in [6, 6.07) is 4.04. The van der Waals surface area contributed by atoms with E-state index in [1.54, 1.807) is 12.0 Å². The molecule has 6 heteroatoms. The van der Waals surface area contributed by atoms with Gasteiger partial charge in [0.2, 0.25) is 0 Å². The van der Waals surface area contributed by atoms with Gasteiger partial charge in [-0.15, -0.1) is 0 Å². The Morgan fingerprint density at radius 2 is 2.00 bits per heavy atom. The zero-order chi connectivity index (χ0) is 15.8. The first-order valence-corrected chi connectivity index (χ1v) is 6.93. The number of nitrogens with zero attached hydrogens (tertiary/aromatic N) is 2. The predicted octanol–water partition coefficient (Wildman–Crippen LogP) is 1.45. The van der Waals surface area contributed by atoms with E-state index in [0.717, 1.165) is 13.0 Å².